The van der Waals surface area contributed by atoms with E-state index >= 15 is 0 Å². The predicted octanol–water partition coefficient (Wildman–Crippen LogP) is 5.95. The van der Waals surface area contributed by atoms with Crippen LogP contribution in [0.25, 0.3) is 21.8 Å². The van der Waals surface area contributed by atoms with Crippen molar-refractivity contribution in [3.05, 3.63) is 66.1 Å². The molecule has 0 unspecified atom stereocenters. The lowest BCUT2D eigenvalue weighted by Gasteiger charge is -2.16. The van der Waals surface area contributed by atoms with Gasteiger partial charge in [0.15, 0.2) is 11.8 Å². The van der Waals surface area contributed by atoms with Crippen molar-refractivity contribution in [3.63, 3.8) is 0 Å². The number of para-hydroxylation sites is 2. The molecule has 0 aliphatic carbocycles. The van der Waals surface area contributed by atoms with Crippen molar-refractivity contribution in [2.24, 2.45) is 0 Å². The van der Waals surface area contributed by atoms with Gasteiger partial charge in [-0.05, 0) is 37.8 Å². The van der Waals surface area contributed by atoms with E-state index in [1.54, 1.807) is 0 Å². The van der Waals surface area contributed by atoms with Gasteiger partial charge in [0.2, 0.25) is 5.91 Å². The Morgan fingerprint density at radius 3 is 2.38 bits per heavy atom. The van der Waals surface area contributed by atoms with Crippen molar-refractivity contribution < 1.29 is 23.6 Å². The first kappa shape index (κ1) is 28.4. The van der Waals surface area contributed by atoms with E-state index < -0.39 is 12.0 Å². The van der Waals surface area contributed by atoms with E-state index in [0.29, 0.717) is 12.2 Å². The monoisotopic (exact) mass is 533 g/mol. The molecule has 0 radical (unpaired) electrons. The molecule has 8 heteroatoms. The second-order valence-electron chi connectivity index (χ2n) is 9.90. The van der Waals surface area contributed by atoms with Crippen molar-refractivity contribution in [2.75, 3.05) is 13.7 Å². The molecule has 2 heterocycles. The molecule has 0 saturated carbocycles. The molecular formula is C31H39N3O5. The third-order valence-electron chi connectivity index (χ3n) is 6.96. The number of carbonyl (C=O) groups is 2. The Labute approximate surface area is 229 Å². The zero-order valence-electron chi connectivity index (χ0n) is 23.0. The van der Waals surface area contributed by atoms with Crippen LogP contribution in [-0.4, -0.2) is 41.4 Å². The van der Waals surface area contributed by atoms with Gasteiger partial charge in [0, 0.05) is 40.8 Å². The molecule has 0 aliphatic rings. The minimum atomic E-state index is -0.846. The van der Waals surface area contributed by atoms with E-state index in [1.165, 1.54) is 28.9 Å². The number of carbonyl (C=O) groups excluding carboxylic acids is 2. The molecule has 0 fully saturated rings. The van der Waals surface area contributed by atoms with Crippen LogP contribution in [0.5, 0.6) is 0 Å². The van der Waals surface area contributed by atoms with E-state index in [9.17, 15) is 9.59 Å². The summed E-state index contributed by atoms with van der Waals surface area (Å²) in [6.07, 6.45) is 7.17. The van der Waals surface area contributed by atoms with E-state index in [1.807, 2.05) is 6.07 Å². The van der Waals surface area contributed by atoms with E-state index in [2.05, 4.69) is 70.5 Å². The van der Waals surface area contributed by atoms with Gasteiger partial charge in [0.05, 0.1) is 19.4 Å². The highest BCUT2D eigenvalue weighted by Crippen LogP contribution is 2.29. The summed E-state index contributed by atoms with van der Waals surface area (Å²) in [5.41, 5.74) is 3.45. The fourth-order valence-corrected chi connectivity index (χ4v) is 4.93. The predicted molar refractivity (Wildman–Crippen MR) is 151 cm³/mol. The molecule has 4 rings (SSSR count). The summed E-state index contributed by atoms with van der Waals surface area (Å²) in [6, 6.07) is 18.2. The molecule has 0 spiro atoms. The SMILES string of the molecule is CCCCCC(=O)N[C@@H](COCc1cc(CCCCCn2c3ccccc3c3ccccc32)no1)C(=O)OC. The van der Waals surface area contributed by atoms with Crippen molar-refractivity contribution in [2.45, 2.75) is 77.5 Å². The van der Waals surface area contributed by atoms with Gasteiger partial charge in [0.25, 0.3) is 0 Å². The van der Waals surface area contributed by atoms with Crippen LogP contribution >= 0.6 is 0 Å². The second kappa shape index (κ2) is 14.5. The number of methoxy groups -OCH3 is 1. The molecular weight excluding hydrogens is 494 g/mol. The molecule has 4 aromatic rings. The summed E-state index contributed by atoms with van der Waals surface area (Å²) in [5.74, 6) is -0.117. The number of benzene rings is 2. The lowest BCUT2D eigenvalue weighted by atomic mass is 10.1. The number of aryl methyl sites for hydroxylation is 2. The summed E-state index contributed by atoms with van der Waals surface area (Å²) in [4.78, 5) is 24.2. The number of ether oxygens (including phenoxy) is 2. The number of nitrogens with one attached hydrogen (secondary N) is 1. The molecule has 8 nitrogen and oxygen atoms in total. The number of amides is 1. The van der Waals surface area contributed by atoms with Crippen LogP contribution in [0.4, 0.5) is 0 Å². The van der Waals surface area contributed by atoms with Crippen LogP contribution in [-0.2, 0) is 38.6 Å². The average Bonchev–Trinajstić information content (AvgIpc) is 3.54. The van der Waals surface area contributed by atoms with E-state index in [4.69, 9.17) is 14.0 Å². The molecule has 0 bridgehead atoms. The normalized spacial score (nSPS) is 12.2. The standard InChI is InChI=1S/C31H39N3O5/c1-3-4-6-18-30(35)32-27(31(36)37-2)22-38-21-24-20-23(33-39-24)13-7-5-12-19-34-28-16-10-8-14-25(28)26-15-9-11-17-29(26)34/h8-11,14-17,20,27H,3-7,12-13,18-19,21-22H2,1-2H3,(H,32,35)/t27-/m0/s1. The first-order chi connectivity index (χ1) is 19.1. The number of unbranched alkanes of at least 4 members (excludes halogenated alkanes) is 4. The number of esters is 1. The molecule has 39 heavy (non-hydrogen) atoms. The minimum Gasteiger partial charge on any atom is -0.467 e. The van der Waals surface area contributed by atoms with Gasteiger partial charge in [-0.2, -0.15) is 0 Å². The number of fused-ring (bicyclic) bond motifs is 3. The van der Waals surface area contributed by atoms with E-state index in [0.717, 1.165) is 57.2 Å². The van der Waals surface area contributed by atoms with Crippen LogP contribution in [0.3, 0.4) is 0 Å². The molecule has 2 aromatic heterocycles. The highest BCUT2D eigenvalue weighted by molar-refractivity contribution is 6.07. The molecule has 208 valence electrons. The summed E-state index contributed by atoms with van der Waals surface area (Å²) in [5, 5.41) is 9.47. The Morgan fingerprint density at radius 2 is 1.69 bits per heavy atom. The fraction of sp³-hybridized carbons (Fsp3) is 0.452. The molecule has 1 amide bonds. The van der Waals surface area contributed by atoms with Gasteiger partial charge in [-0.15, -0.1) is 0 Å². The topological polar surface area (TPSA) is 95.6 Å². The highest BCUT2D eigenvalue weighted by Gasteiger charge is 2.22. The Bertz CT molecular complexity index is 1310. The van der Waals surface area contributed by atoms with Crippen molar-refractivity contribution >= 4 is 33.7 Å². The van der Waals surface area contributed by atoms with Gasteiger partial charge in [-0.1, -0.05) is 67.7 Å². The molecule has 1 atom stereocenters. The average molecular weight is 534 g/mol. The lowest BCUT2D eigenvalue weighted by molar-refractivity contribution is -0.147. The Balaban J connectivity index is 1.19. The maximum Gasteiger partial charge on any atom is 0.330 e. The van der Waals surface area contributed by atoms with Crippen LogP contribution in [0.1, 0.15) is 63.3 Å². The van der Waals surface area contributed by atoms with Crippen LogP contribution in [0.2, 0.25) is 0 Å². The van der Waals surface area contributed by atoms with Gasteiger partial charge in [-0.25, -0.2) is 4.79 Å². The maximum absolute atomic E-state index is 12.1. The molecule has 0 aliphatic heterocycles. The minimum absolute atomic E-state index is 0.00494. The van der Waals surface area contributed by atoms with Gasteiger partial charge in [0.1, 0.15) is 6.61 Å². The number of hydrogen-bond acceptors (Lipinski definition) is 6. The van der Waals surface area contributed by atoms with Crippen molar-refractivity contribution in [1.29, 1.82) is 0 Å². The first-order valence-corrected chi connectivity index (χ1v) is 14.0. The smallest absolute Gasteiger partial charge is 0.330 e. The fourth-order valence-electron chi connectivity index (χ4n) is 4.93. The highest BCUT2D eigenvalue weighted by atomic mass is 16.5. The van der Waals surface area contributed by atoms with Gasteiger partial charge in [-0.3, -0.25) is 4.79 Å². The summed E-state index contributed by atoms with van der Waals surface area (Å²) in [7, 11) is 1.30. The Morgan fingerprint density at radius 1 is 0.974 bits per heavy atom. The third-order valence-corrected chi connectivity index (χ3v) is 6.96. The largest absolute Gasteiger partial charge is 0.467 e. The van der Waals surface area contributed by atoms with Gasteiger partial charge >= 0.3 is 5.97 Å². The first-order valence-electron chi connectivity index (χ1n) is 14.0. The maximum atomic E-state index is 12.1. The Kier molecular flexibility index (Phi) is 10.5. The van der Waals surface area contributed by atoms with Crippen LogP contribution in [0.15, 0.2) is 59.1 Å². The van der Waals surface area contributed by atoms with Crippen molar-refractivity contribution in [1.82, 2.24) is 15.0 Å². The number of nitrogens with zero attached hydrogens (tertiary/aromatic N) is 2. The molecule has 1 N–H and O–H groups in total. The quantitative estimate of drug-likeness (QED) is 0.141. The second-order valence-corrected chi connectivity index (χ2v) is 9.90. The lowest BCUT2D eigenvalue weighted by Crippen LogP contribution is -2.44. The Hall–Kier alpha value is -3.65. The van der Waals surface area contributed by atoms with Crippen LogP contribution in [0, 0.1) is 0 Å². The van der Waals surface area contributed by atoms with E-state index in [-0.39, 0.29) is 19.1 Å². The number of aromatic nitrogens is 2. The molecule has 2 aromatic carbocycles. The summed E-state index contributed by atoms with van der Waals surface area (Å²) in [6.45, 7) is 3.22. The third kappa shape index (κ3) is 7.69. The molecule has 0 saturated heterocycles. The van der Waals surface area contributed by atoms with Crippen molar-refractivity contribution in [3.8, 4) is 0 Å². The zero-order valence-corrected chi connectivity index (χ0v) is 23.0. The number of hydrogen-bond donors (Lipinski definition) is 1. The van der Waals surface area contributed by atoms with Crippen LogP contribution < -0.4 is 5.32 Å². The zero-order chi connectivity index (χ0) is 27.5. The number of rotatable bonds is 16. The van der Waals surface area contributed by atoms with Gasteiger partial charge < -0.3 is 23.9 Å². The summed E-state index contributed by atoms with van der Waals surface area (Å²) >= 11 is 0. The summed E-state index contributed by atoms with van der Waals surface area (Å²) < 4.78 is 18.3.